The van der Waals surface area contributed by atoms with Crippen molar-refractivity contribution >= 4 is 29.7 Å². The molecule has 1 fully saturated rings. The zero-order valence-corrected chi connectivity index (χ0v) is 32.7. The van der Waals surface area contributed by atoms with E-state index in [9.17, 15) is 29.1 Å². The lowest BCUT2D eigenvalue weighted by molar-refractivity contribution is -0.205. The quantitative estimate of drug-likeness (QED) is 0.0737. The number of carboxylic acids is 1. The Hall–Kier alpha value is -6.17. The topological polar surface area (TPSA) is 149 Å². The Labute approximate surface area is 333 Å². The molecule has 0 aromatic heterocycles. The fraction of sp³-hybridized carbons (Fsp3) is 0.356. The number of nitrogens with zero attached hydrogens (tertiary/aromatic N) is 2. The molecule has 0 saturated heterocycles. The third kappa shape index (κ3) is 11.0. The second-order valence-corrected chi connectivity index (χ2v) is 13.9. The van der Waals surface area contributed by atoms with E-state index in [1.807, 2.05) is 98.8 Å². The number of amides is 2. The van der Waals surface area contributed by atoms with Gasteiger partial charge in [0.2, 0.25) is 18.1 Å². The van der Waals surface area contributed by atoms with E-state index in [1.54, 1.807) is 36.1 Å². The van der Waals surface area contributed by atoms with Gasteiger partial charge in [-0.3, -0.25) is 24.0 Å². The van der Waals surface area contributed by atoms with E-state index < -0.39 is 59.7 Å². The summed E-state index contributed by atoms with van der Waals surface area (Å²) in [5.74, 6) is -7.41. The summed E-state index contributed by atoms with van der Waals surface area (Å²) in [6.45, 7) is 7.54. The van der Waals surface area contributed by atoms with Crippen LogP contribution in [0.25, 0.3) is 0 Å². The summed E-state index contributed by atoms with van der Waals surface area (Å²) in [5.41, 5.74) is 1.53. The minimum atomic E-state index is -1.56. The Morgan fingerprint density at radius 3 is 1.35 bits per heavy atom. The number of para-hydroxylation sites is 2. The van der Waals surface area contributed by atoms with Crippen molar-refractivity contribution in [2.24, 2.45) is 23.7 Å². The number of benzene rings is 4. The molecule has 5 atom stereocenters. The van der Waals surface area contributed by atoms with Gasteiger partial charge in [-0.1, -0.05) is 81.4 Å². The maximum Gasteiger partial charge on any atom is 0.313 e. The number of ether oxygens (including phenoxy) is 4. The molecule has 12 heteroatoms. The van der Waals surface area contributed by atoms with Crippen LogP contribution in [0.3, 0.4) is 0 Å². The molecule has 0 heterocycles. The Bertz CT molecular complexity index is 1950. The first-order valence-electron chi connectivity index (χ1n) is 19.4. The van der Waals surface area contributed by atoms with E-state index in [1.165, 1.54) is 11.8 Å². The van der Waals surface area contributed by atoms with Crippen LogP contribution in [0.1, 0.15) is 58.1 Å². The lowest BCUT2D eigenvalue weighted by atomic mass is 9.55. The van der Waals surface area contributed by atoms with E-state index in [-0.39, 0.29) is 32.6 Å². The van der Waals surface area contributed by atoms with Crippen molar-refractivity contribution in [2.45, 2.75) is 66.3 Å². The van der Waals surface area contributed by atoms with Gasteiger partial charge in [0.15, 0.2) is 0 Å². The first kappa shape index (κ1) is 42.0. The van der Waals surface area contributed by atoms with Gasteiger partial charge in [-0.2, -0.15) is 0 Å². The zero-order valence-electron chi connectivity index (χ0n) is 32.7. The summed E-state index contributed by atoms with van der Waals surface area (Å²) >= 11 is 0. The molecule has 1 saturated carbocycles. The first-order chi connectivity index (χ1) is 27.5. The number of hydrogen-bond acceptors (Lipinski definition) is 9. The summed E-state index contributed by atoms with van der Waals surface area (Å²) in [4.78, 5) is 71.0. The van der Waals surface area contributed by atoms with Gasteiger partial charge in [-0.25, -0.2) is 0 Å². The second kappa shape index (κ2) is 20.1. The molecule has 0 radical (unpaired) electrons. The van der Waals surface area contributed by atoms with Gasteiger partial charge >= 0.3 is 17.9 Å². The molecule has 0 bridgehead atoms. The van der Waals surface area contributed by atoms with Crippen LogP contribution >= 0.6 is 0 Å². The highest BCUT2D eigenvalue weighted by atomic mass is 16.7. The van der Waals surface area contributed by atoms with Crippen molar-refractivity contribution < 1.29 is 48.0 Å². The van der Waals surface area contributed by atoms with Crippen molar-refractivity contribution in [1.82, 2.24) is 9.80 Å². The van der Waals surface area contributed by atoms with Crippen LogP contribution in [0.5, 0.6) is 23.0 Å². The highest BCUT2D eigenvalue weighted by Crippen LogP contribution is 2.49. The Kier molecular flexibility index (Phi) is 14.8. The van der Waals surface area contributed by atoms with E-state index in [0.717, 1.165) is 11.1 Å². The van der Waals surface area contributed by atoms with Crippen molar-refractivity contribution in [3.8, 4) is 23.0 Å². The van der Waals surface area contributed by atoms with E-state index in [0.29, 0.717) is 35.8 Å². The summed E-state index contributed by atoms with van der Waals surface area (Å²) in [5, 5.41) is 10.5. The molecule has 4 aromatic rings. The smallest absolute Gasteiger partial charge is 0.313 e. The summed E-state index contributed by atoms with van der Waals surface area (Å²) < 4.78 is 22.4. The predicted molar refractivity (Wildman–Crippen MR) is 211 cm³/mol. The SMILES string of the molecule is CCCN(Cc1ccc(Oc2ccccc2)cc1)C(=O)[C@@H]1[C@H](C(=O)O)[C@@H](C(=O)OC(C)OC(=O)CC)[C@H]1C(=O)N(CCC)Cc1ccc(Oc2ccccc2)cc1. The normalized spacial score (nSPS) is 17.6. The molecule has 57 heavy (non-hydrogen) atoms. The van der Waals surface area contributed by atoms with Crippen molar-refractivity contribution in [2.75, 3.05) is 13.1 Å². The Balaban J connectivity index is 1.41. The molecule has 0 aliphatic heterocycles. The van der Waals surface area contributed by atoms with Crippen LogP contribution in [-0.4, -0.2) is 64.0 Å². The lowest BCUT2D eigenvalue weighted by Gasteiger charge is -2.49. The minimum Gasteiger partial charge on any atom is -0.481 e. The highest BCUT2D eigenvalue weighted by Gasteiger charge is 2.65. The molecule has 300 valence electrons. The van der Waals surface area contributed by atoms with Crippen LogP contribution < -0.4 is 9.47 Å². The second-order valence-electron chi connectivity index (χ2n) is 13.9. The fourth-order valence-corrected chi connectivity index (χ4v) is 7.01. The monoisotopic (exact) mass is 778 g/mol. The van der Waals surface area contributed by atoms with Gasteiger partial charge in [0.05, 0.1) is 23.7 Å². The average molecular weight is 779 g/mol. The largest absolute Gasteiger partial charge is 0.481 e. The van der Waals surface area contributed by atoms with E-state index in [2.05, 4.69) is 0 Å². The third-order valence-electron chi connectivity index (χ3n) is 9.71. The Morgan fingerprint density at radius 1 is 0.561 bits per heavy atom. The first-order valence-corrected chi connectivity index (χ1v) is 19.4. The Morgan fingerprint density at radius 2 is 0.965 bits per heavy atom. The highest BCUT2D eigenvalue weighted by molar-refractivity contribution is 6.00. The summed E-state index contributed by atoms with van der Waals surface area (Å²) in [7, 11) is 0. The number of esters is 2. The number of carboxylic acid groups (broad SMARTS) is 1. The standard InChI is InChI=1S/C45H50N2O10/c1-5-26-46(28-31-18-22-35(23-19-31)56-33-14-10-8-11-15-33)42(49)38-39(41(40(38)44(51)52)45(53)55-30(4)54-37(48)7-3)43(50)47(27-6-2)29-32-20-24-36(25-21-32)57-34-16-12-9-13-17-34/h8-25,30,38-41H,5-7,26-29H2,1-4H3,(H,51,52)/t30?,38-,39-,40-,41-/m0/s1. The minimum absolute atomic E-state index is 0.0299. The number of aliphatic carboxylic acids is 1. The van der Waals surface area contributed by atoms with Crippen LogP contribution in [0.15, 0.2) is 109 Å². The van der Waals surface area contributed by atoms with Gasteiger partial charge < -0.3 is 33.9 Å². The molecule has 1 aliphatic carbocycles. The summed E-state index contributed by atoms with van der Waals surface area (Å²) in [6.07, 6.45) is -0.192. The van der Waals surface area contributed by atoms with Crippen LogP contribution in [0, 0.1) is 23.7 Å². The molecule has 2 amide bonds. The maximum absolute atomic E-state index is 14.7. The van der Waals surface area contributed by atoms with Crippen LogP contribution in [-0.2, 0) is 46.5 Å². The molecule has 1 N–H and O–H groups in total. The van der Waals surface area contributed by atoms with Gasteiger partial charge in [-0.15, -0.1) is 0 Å². The zero-order chi connectivity index (χ0) is 40.9. The maximum atomic E-state index is 14.7. The van der Waals surface area contributed by atoms with Crippen LogP contribution in [0.2, 0.25) is 0 Å². The number of carbonyl (C=O) groups excluding carboxylic acids is 4. The molecule has 4 aromatic carbocycles. The predicted octanol–water partition coefficient (Wildman–Crippen LogP) is 7.85. The van der Waals surface area contributed by atoms with Gasteiger partial charge in [0.1, 0.15) is 23.0 Å². The summed E-state index contributed by atoms with van der Waals surface area (Å²) in [6, 6.07) is 33.1. The van der Waals surface area contributed by atoms with Crippen molar-refractivity contribution in [1.29, 1.82) is 0 Å². The fourth-order valence-electron chi connectivity index (χ4n) is 7.01. The third-order valence-corrected chi connectivity index (χ3v) is 9.71. The van der Waals surface area contributed by atoms with Crippen LogP contribution in [0.4, 0.5) is 0 Å². The van der Waals surface area contributed by atoms with Gasteiger partial charge in [0, 0.05) is 39.5 Å². The molecular formula is C45H50N2O10. The van der Waals surface area contributed by atoms with Gasteiger partial charge in [-0.05, 0) is 72.5 Å². The molecule has 12 nitrogen and oxygen atoms in total. The average Bonchev–Trinajstić information content (AvgIpc) is 3.19. The van der Waals surface area contributed by atoms with E-state index in [4.69, 9.17) is 18.9 Å². The van der Waals surface area contributed by atoms with E-state index >= 15 is 0 Å². The van der Waals surface area contributed by atoms with Gasteiger partial charge in [0.25, 0.3) is 0 Å². The number of hydrogen-bond donors (Lipinski definition) is 1. The molecule has 5 rings (SSSR count). The lowest BCUT2D eigenvalue weighted by Crippen LogP contribution is -2.64. The number of rotatable bonds is 19. The molecule has 1 aliphatic rings. The van der Waals surface area contributed by atoms with Crippen molar-refractivity contribution in [3.05, 3.63) is 120 Å². The van der Waals surface area contributed by atoms with Crippen molar-refractivity contribution in [3.63, 3.8) is 0 Å². The molecule has 1 unspecified atom stereocenters. The number of carbonyl (C=O) groups is 5. The molecular weight excluding hydrogens is 728 g/mol. The molecule has 0 spiro atoms.